The monoisotopic (exact) mass is 337 g/mol. The number of rotatable bonds is 4. The van der Waals surface area contributed by atoms with E-state index in [2.05, 4.69) is 36.9 Å². The number of nitrogen functional groups attached to an aromatic ring is 1. The fraction of sp³-hybridized carbons (Fsp3) is 0.0833. The molecule has 2 rings (SSSR count). The predicted molar refractivity (Wildman–Crippen MR) is 78.5 cm³/mol. The van der Waals surface area contributed by atoms with E-state index in [4.69, 9.17) is 10.6 Å². The number of amides is 1. The van der Waals surface area contributed by atoms with Crippen LogP contribution in [0.5, 0.6) is 5.75 Å². The first-order valence-corrected chi connectivity index (χ1v) is 6.38. The Labute approximate surface area is 123 Å². The van der Waals surface area contributed by atoms with E-state index in [-0.39, 0.29) is 11.6 Å². The first-order chi connectivity index (χ1) is 9.63. The second-order valence-electron chi connectivity index (χ2n) is 3.75. The first kappa shape index (κ1) is 14.2. The van der Waals surface area contributed by atoms with E-state index in [1.165, 1.54) is 6.07 Å². The normalized spacial score (nSPS) is 9.95. The summed E-state index contributed by atoms with van der Waals surface area (Å²) in [6.45, 7) is 0. The summed E-state index contributed by atoms with van der Waals surface area (Å²) < 4.78 is 5.86. The molecule has 0 aliphatic heterocycles. The second-order valence-corrected chi connectivity index (χ2v) is 4.61. The highest BCUT2D eigenvalue weighted by atomic mass is 79.9. The zero-order chi connectivity index (χ0) is 14.5. The van der Waals surface area contributed by atoms with Crippen molar-refractivity contribution in [2.75, 3.05) is 17.9 Å². The fourth-order valence-corrected chi connectivity index (χ4v) is 2.01. The number of aromatic nitrogens is 2. The van der Waals surface area contributed by atoms with Crippen LogP contribution >= 0.6 is 15.9 Å². The highest BCUT2D eigenvalue weighted by Crippen LogP contribution is 2.27. The average molecular weight is 338 g/mol. The van der Waals surface area contributed by atoms with Crippen molar-refractivity contribution in [2.45, 2.75) is 0 Å². The lowest BCUT2D eigenvalue weighted by Crippen LogP contribution is -2.16. The van der Waals surface area contributed by atoms with E-state index in [0.29, 0.717) is 17.3 Å². The number of hydrogen-bond acceptors (Lipinski definition) is 6. The third-order valence-electron chi connectivity index (χ3n) is 2.45. The number of nitrogens with one attached hydrogen (secondary N) is 2. The molecule has 0 fully saturated rings. The molecule has 0 radical (unpaired) electrons. The van der Waals surface area contributed by atoms with Crippen LogP contribution in [-0.2, 0) is 0 Å². The first-order valence-electron chi connectivity index (χ1n) is 5.59. The maximum atomic E-state index is 12.0. The second kappa shape index (κ2) is 6.31. The van der Waals surface area contributed by atoms with E-state index < -0.39 is 0 Å². The molecule has 0 unspecified atom stereocenters. The number of carbonyl (C=O) groups is 1. The number of anilines is 2. The van der Waals surface area contributed by atoms with Gasteiger partial charge in [-0.25, -0.2) is 5.84 Å². The summed E-state index contributed by atoms with van der Waals surface area (Å²) in [7, 11) is 1.57. The molecule has 0 spiro atoms. The van der Waals surface area contributed by atoms with Crippen LogP contribution in [0.1, 0.15) is 10.5 Å². The van der Waals surface area contributed by atoms with Crippen molar-refractivity contribution in [3.63, 3.8) is 0 Å². The average Bonchev–Trinajstić information content (AvgIpc) is 2.47. The van der Waals surface area contributed by atoms with Crippen molar-refractivity contribution in [1.82, 2.24) is 10.2 Å². The molecule has 1 amide bonds. The summed E-state index contributed by atoms with van der Waals surface area (Å²) in [6.07, 6.45) is 0. The number of hydrogen-bond donors (Lipinski definition) is 3. The summed E-state index contributed by atoms with van der Waals surface area (Å²) in [5.41, 5.74) is 3.14. The maximum Gasteiger partial charge on any atom is 0.276 e. The van der Waals surface area contributed by atoms with E-state index in [0.717, 1.165) is 4.47 Å². The number of nitrogens with two attached hydrogens (primary N) is 1. The van der Waals surface area contributed by atoms with Crippen molar-refractivity contribution in [3.8, 4) is 5.75 Å². The van der Waals surface area contributed by atoms with Crippen LogP contribution in [0.25, 0.3) is 0 Å². The predicted octanol–water partition coefficient (Wildman–Crippen LogP) is 1.79. The van der Waals surface area contributed by atoms with Gasteiger partial charge in [-0.1, -0.05) is 0 Å². The lowest BCUT2D eigenvalue weighted by atomic mass is 10.3. The standard InChI is InChI=1S/C12H12BrN5O2/c1-20-10-4-2-7(6-8(10)13)15-12(19)9-3-5-11(16-14)18-17-9/h2-6H,14H2,1H3,(H,15,19)(H,16,18). The van der Waals surface area contributed by atoms with E-state index in [9.17, 15) is 4.79 Å². The smallest absolute Gasteiger partial charge is 0.276 e. The largest absolute Gasteiger partial charge is 0.496 e. The van der Waals surface area contributed by atoms with Gasteiger partial charge in [0.25, 0.3) is 5.91 Å². The highest BCUT2D eigenvalue weighted by molar-refractivity contribution is 9.10. The number of ether oxygens (including phenoxy) is 1. The summed E-state index contributed by atoms with van der Waals surface area (Å²) in [6, 6.07) is 8.29. The molecule has 1 aromatic heterocycles. The van der Waals surface area contributed by atoms with Crippen molar-refractivity contribution in [3.05, 3.63) is 40.5 Å². The minimum atomic E-state index is -0.363. The number of benzene rings is 1. The van der Waals surface area contributed by atoms with E-state index in [1.54, 1.807) is 31.4 Å². The molecule has 7 nitrogen and oxygen atoms in total. The van der Waals surface area contributed by atoms with Crippen molar-refractivity contribution in [1.29, 1.82) is 0 Å². The van der Waals surface area contributed by atoms with Crippen molar-refractivity contribution in [2.24, 2.45) is 5.84 Å². The molecule has 1 heterocycles. The van der Waals surface area contributed by atoms with Crippen molar-refractivity contribution >= 4 is 33.3 Å². The highest BCUT2D eigenvalue weighted by Gasteiger charge is 2.09. The summed E-state index contributed by atoms with van der Waals surface area (Å²) >= 11 is 3.35. The van der Waals surface area contributed by atoms with Gasteiger partial charge in [0.1, 0.15) is 5.75 Å². The van der Waals surface area contributed by atoms with Crippen LogP contribution in [0, 0.1) is 0 Å². The molecular formula is C12H12BrN5O2. The zero-order valence-corrected chi connectivity index (χ0v) is 12.1. The van der Waals surface area contributed by atoms with Crippen LogP contribution in [0.3, 0.4) is 0 Å². The van der Waals surface area contributed by atoms with E-state index in [1.807, 2.05) is 0 Å². The molecule has 8 heteroatoms. The van der Waals surface area contributed by atoms with Crippen LogP contribution in [-0.4, -0.2) is 23.2 Å². The Bertz CT molecular complexity index is 618. The molecule has 0 atom stereocenters. The molecule has 2 aromatic rings. The Balaban J connectivity index is 2.12. The molecule has 0 saturated carbocycles. The number of halogens is 1. The Kier molecular flexibility index (Phi) is 4.49. The quantitative estimate of drug-likeness (QED) is 0.580. The van der Waals surface area contributed by atoms with Crippen LogP contribution in [0.15, 0.2) is 34.8 Å². The number of carbonyl (C=O) groups excluding carboxylic acids is 1. The molecule has 4 N–H and O–H groups in total. The Morgan fingerprint density at radius 1 is 1.30 bits per heavy atom. The Morgan fingerprint density at radius 2 is 2.10 bits per heavy atom. The Morgan fingerprint density at radius 3 is 2.65 bits per heavy atom. The van der Waals surface area contributed by atoms with Gasteiger partial charge in [-0.3, -0.25) is 4.79 Å². The Hall–Kier alpha value is -2.19. The van der Waals surface area contributed by atoms with Gasteiger partial charge >= 0.3 is 0 Å². The van der Waals surface area contributed by atoms with Gasteiger partial charge in [-0.15, -0.1) is 10.2 Å². The van der Waals surface area contributed by atoms with Gasteiger partial charge in [-0.05, 0) is 46.3 Å². The van der Waals surface area contributed by atoms with Gasteiger partial charge < -0.3 is 15.5 Å². The maximum absolute atomic E-state index is 12.0. The van der Waals surface area contributed by atoms with Crippen LogP contribution < -0.4 is 21.3 Å². The molecule has 20 heavy (non-hydrogen) atoms. The number of hydrazine groups is 1. The summed E-state index contributed by atoms with van der Waals surface area (Å²) in [4.78, 5) is 12.0. The molecule has 1 aromatic carbocycles. The zero-order valence-electron chi connectivity index (χ0n) is 10.6. The van der Waals surface area contributed by atoms with Gasteiger partial charge in [-0.2, -0.15) is 0 Å². The number of nitrogens with zero attached hydrogens (tertiary/aromatic N) is 2. The van der Waals surface area contributed by atoms with Crippen LogP contribution in [0.4, 0.5) is 11.5 Å². The lowest BCUT2D eigenvalue weighted by molar-refractivity contribution is 0.102. The SMILES string of the molecule is COc1ccc(NC(=O)c2ccc(NN)nn2)cc1Br. The summed E-state index contributed by atoms with van der Waals surface area (Å²) in [5.74, 6) is 5.88. The third kappa shape index (κ3) is 3.22. The molecule has 0 bridgehead atoms. The topological polar surface area (TPSA) is 102 Å². The van der Waals surface area contributed by atoms with Gasteiger partial charge in [0.2, 0.25) is 0 Å². The lowest BCUT2D eigenvalue weighted by Gasteiger charge is -2.07. The molecule has 104 valence electrons. The minimum absolute atomic E-state index is 0.191. The van der Waals surface area contributed by atoms with Gasteiger partial charge in [0.15, 0.2) is 11.5 Å². The van der Waals surface area contributed by atoms with E-state index >= 15 is 0 Å². The van der Waals surface area contributed by atoms with Gasteiger partial charge in [0, 0.05) is 5.69 Å². The van der Waals surface area contributed by atoms with Crippen molar-refractivity contribution < 1.29 is 9.53 Å². The molecule has 0 saturated heterocycles. The number of methoxy groups -OCH3 is 1. The molecular weight excluding hydrogens is 326 g/mol. The van der Waals surface area contributed by atoms with Gasteiger partial charge in [0.05, 0.1) is 11.6 Å². The third-order valence-corrected chi connectivity index (χ3v) is 3.07. The van der Waals surface area contributed by atoms with Crippen LogP contribution in [0.2, 0.25) is 0 Å². The fourth-order valence-electron chi connectivity index (χ4n) is 1.47. The summed E-state index contributed by atoms with van der Waals surface area (Å²) in [5, 5.41) is 10.2. The molecule has 0 aliphatic carbocycles. The molecule has 0 aliphatic rings. The minimum Gasteiger partial charge on any atom is -0.496 e.